The Hall–Kier alpha value is -1.24. The molecule has 1 heteroatoms. The molecule has 1 aromatic rings. The van der Waals surface area contributed by atoms with Crippen molar-refractivity contribution in [3.05, 3.63) is 34.4 Å². The maximum atomic E-state index is 10.3. The van der Waals surface area contributed by atoms with Gasteiger partial charge in [0.05, 0.1) is 0 Å². The molecule has 1 atom stereocenters. The third-order valence-corrected chi connectivity index (χ3v) is 5.63. The van der Waals surface area contributed by atoms with Crippen LogP contribution in [-0.4, -0.2) is 5.11 Å². The number of rotatable bonds is 1. The summed E-state index contributed by atoms with van der Waals surface area (Å²) in [5, 5.41) is 10.3. The van der Waals surface area contributed by atoms with E-state index in [4.69, 9.17) is 0 Å². The second kappa shape index (κ2) is 5.19. The first-order chi connectivity index (χ1) is 9.88. The highest BCUT2D eigenvalue weighted by Crippen LogP contribution is 2.48. The first kappa shape index (κ1) is 14.7. The van der Waals surface area contributed by atoms with Gasteiger partial charge in [-0.1, -0.05) is 45.4 Å². The second-order valence-corrected chi connectivity index (χ2v) is 7.92. The number of hydrogen-bond donors (Lipinski definition) is 1. The maximum absolute atomic E-state index is 10.3. The molecule has 0 unspecified atom stereocenters. The first-order valence-corrected chi connectivity index (χ1v) is 8.45. The molecule has 3 rings (SSSR count). The lowest BCUT2D eigenvalue weighted by atomic mass is 9.65. The number of allylic oxidation sites excluding steroid dienone is 1. The Labute approximate surface area is 129 Å². The van der Waals surface area contributed by atoms with Crippen LogP contribution in [0.15, 0.2) is 17.7 Å². The zero-order valence-corrected chi connectivity index (χ0v) is 13.9. The lowest BCUT2D eigenvalue weighted by molar-refractivity contribution is 0.182. The maximum Gasteiger partial charge on any atom is 0.119 e. The van der Waals surface area contributed by atoms with E-state index in [1.54, 1.807) is 5.57 Å². The predicted octanol–water partition coefficient (Wildman–Crippen LogP) is 5.67. The highest BCUT2D eigenvalue weighted by molar-refractivity contribution is 5.62. The molecule has 0 radical (unpaired) electrons. The lowest BCUT2D eigenvalue weighted by Crippen LogP contribution is -2.29. The lowest BCUT2D eigenvalue weighted by Gasteiger charge is -2.40. The molecule has 0 saturated heterocycles. The van der Waals surface area contributed by atoms with Crippen LogP contribution in [0.1, 0.15) is 76.0 Å². The van der Waals surface area contributed by atoms with E-state index < -0.39 is 0 Å². The van der Waals surface area contributed by atoms with Gasteiger partial charge in [-0.2, -0.15) is 0 Å². The summed E-state index contributed by atoms with van der Waals surface area (Å²) < 4.78 is 0. The van der Waals surface area contributed by atoms with Crippen molar-refractivity contribution in [1.29, 1.82) is 0 Å². The Morgan fingerprint density at radius 2 is 1.95 bits per heavy atom. The average Bonchev–Trinajstić information content (AvgIpc) is 2.56. The van der Waals surface area contributed by atoms with Crippen molar-refractivity contribution in [1.82, 2.24) is 0 Å². The summed E-state index contributed by atoms with van der Waals surface area (Å²) in [6, 6.07) is 4.25. The van der Waals surface area contributed by atoms with Gasteiger partial charge in [0, 0.05) is 0 Å². The van der Waals surface area contributed by atoms with Crippen molar-refractivity contribution in [2.75, 3.05) is 0 Å². The highest BCUT2D eigenvalue weighted by atomic mass is 16.3. The smallest absolute Gasteiger partial charge is 0.119 e. The van der Waals surface area contributed by atoms with E-state index in [1.165, 1.54) is 36.8 Å². The molecule has 21 heavy (non-hydrogen) atoms. The van der Waals surface area contributed by atoms with Gasteiger partial charge in [0.2, 0.25) is 0 Å². The molecule has 2 aliphatic carbocycles. The summed E-state index contributed by atoms with van der Waals surface area (Å²) in [5.41, 5.74) is 5.81. The van der Waals surface area contributed by atoms with Crippen LogP contribution in [0.4, 0.5) is 0 Å². The van der Waals surface area contributed by atoms with Crippen LogP contribution in [0, 0.1) is 11.3 Å². The minimum Gasteiger partial charge on any atom is -0.508 e. The number of aromatic hydroxyl groups is 1. The number of benzene rings is 1. The van der Waals surface area contributed by atoms with Crippen molar-refractivity contribution in [3.63, 3.8) is 0 Å². The van der Waals surface area contributed by atoms with Gasteiger partial charge in [0.1, 0.15) is 5.75 Å². The van der Waals surface area contributed by atoms with Gasteiger partial charge in [-0.25, -0.2) is 0 Å². The predicted molar refractivity (Wildman–Crippen MR) is 89.6 cm³/mol. The topological polar surface area (TPSA) is 20.2 Å². The number of phenols is 1. The molecule has 0 spiro atoms. The fourth-order valence-electron chi connectivity index (χ4n) is 4.33. The van der Waals surface area contributed by atoms with Crippen LogP contribution < -0.4 is 0 Å². The fourth-order valence-corrected chi connectivity index (χ4v) is 4.33. The molecular formula is C20H28O. The van der Waals surface area contributed by atoms with E-state index in [-0.39, 0.29) is 0 Å². The fraction of sp³-hybridized carbons (Fsp3) is 0.600. The molecule has 1 fully saturated rings. The highest BCUT2D eigenvalue weighted by Gasteiger charge is 2.36. The van der Waals surface area contributed by atoms with E-state index in [9.17, 15) is 5.11 Å². The second-order valence-electron chi connectivity index (χ2n) is 7.92. The minimum atomic E-state index is 0.380. The molecule has 0 amide bonds. The zero-order chi connectivity index (χ0) is 15.2. The monoisotopic (exact) mass is 284 g/mol. The number of hydrogen-bond acceptors (Lipinski definition) is 1. The van der Waals surface area contributed by atoms with Gasteiger partial charge in [-0.3, -0.25) is 0 Å². The molecule has 0 aromatic heterocycles. The van der Waals surface area contributed by atoms with E-state index in [1.807, 2.05) is 6.07 Å². The first-order valence-electron chi connectivity index (χ1n) is 8.45. The van der Waals surface area contributed by atoms with Crippen molar-refractivity contribution in [2.24, 2.45) is 11.3 Å². The molecule has 0 bridgehead atoms. The van der Waals surface area contributed by atoms with E-state index in [0.29, 0.717) is 23.0 Å². The number of aryl methyl sites for hydroxylation is 1. The van der Waals surface area contributed by atoms with Crippen molar-refractivity contribution in [2.45, 2.75) is 65.7 Å². The van der Waals surface area contributed by atoms with E-state index in [0.717, 1.165) is 12.0 Å². The van der Waals surface area contributed by atoms with Crippen molar-refractivity contribution in [3.8, 4) is 5.75 Å². The van der Waals surface area contributed by atoms with Crippen LogP contribution in [0.5, 0.6) is 5.75 Å². The van der Waals surface area contributed by atoms with Crippen LogP contribution >= 0.6 is 0 Å². The molecule has 114 valence electrons. The summed E-state index contributed by atoms with van der Waals surface area (Å²) in [4.78, 5) is 0. The zero-order valence-electron chi connectivity index (χ0n) is 13.9. The van der Waals surface area contributed by atoms with Gasteiger partial charge in [-0.15, -0.1) is 0 Å². The molecule has 0 heterocycles. The Balaban J connectivity index is 2.04. The van der Waals surface area contributed by atoms with Crippen LogP contribution in [0.3, 0.4) is 0 Å². The quantitative estimate of drug-likeness (QED) is 0.704. The Bertz CT molecular complexity index is 578. The van der Waals surface area contributed by atoms with Crippen LogP contribution in [-0.2, 0) is 6.42 Å². The average molecular weight is 284 g/mol. The Morgan fingerprint density at radius 3 is 2.67 bits per heavy atom. The van der Waals surface area contributed by atoms with Crippen molar-refractivity contribution >= 4 is 6.08 Å². The van der Waals surface area contributed by atoms with E-state index in [2.05, 4.69) is 39.8 Å². The molecule has 0 aliphatic heterocycles. The van der Waals surface area contributed by atoms with Gasteiger partial charge in [0.25, 0.3) is 0 Å². The summed E-state index contributed by atoms with van der Waals surface area (Å²) in [5.74, 6) is 1.56. The van der Waals surface area contributed by atoms with Gasteiger partial charge in [-0.05, 0) is 72.1 Å². The van der Waals surface area contributed by atoms with E-state index >= 15 is 0 Å². The molecule has 1 saturated carbocycles. The van der Waals surface area contributed by atoms with Gasteiger partial charge >= 0.3 is 0 Å². The Kier molecular flexibility index (Phi) is 3.63. The summed E-state index contributed by atoms with van der Waals surface area (Å²) in [6.07, 6.45) is 8.67. The van der Waals surface area contributed by atoms with Gasteiger partial charge < -0.3 is 5.11 Å². The normalized spacial score (nSPS) is 24.0. The van der Waals surface area contributed by atoms with Crippen LogP contribution in [0.25, 0.3) is 6.08 Å². The Morgan fingerprint density at radius 1 is 1.19 bits per heavy atom. The largest absolute Gasteiger partial charge is 0.508 e. The number of fused-ring (bicyclic) bond motifs is 2. The van der Waals surface area contributed by atoms with Crippen molar-refractivity contribution < 1.29 is 5.11 Å². The summed E-state index contributed by atoms with van der Waals surface area (Å²) in [6.45, 7) is 9.16. The van der Waals surface area contributed by atoms with Crippen LogP contribution in [0.2, 0.25) is 0 Å². The van der Waals surface area contributed by atoms with Gasteiger partial charge in [0.15, 0.2) is 0 Å². The minimum absolute atomic E-state index is 0.380. The molecule has 2 aliphatic rings. The summed E-state index contributed by atoms with van der Waals surface area (Å²) in [7, 11) is 0. The molecule has 1 nitrogen and oxygen atoms in total. The SMILES string of the molecule is CC(C)c1cc2c(cc1O)C=C1CCCC(C)(C)[C@H]1CC2. The third-order valence-electron chi connectivity index (χ3n) is 5.63. The molecule has 1 N–H and O–H groups in total. The summed E-state index contributed by atoms with van der Waals surface area (Å²) >= 11 is 0. The standard InChI is InChI=1S/C20H28O/c1-13(2)17-11-14-7-8-18-15(6-5-9-20(18,3)4)10-16(14)12-19(17)21/h10-13,18,21H,5-9H2,1-4H3/t18-/m0/s1. The molecule has 1 aromatic carbocycles. The number of phenolic OH excluding ortho intramolecular Hbond substituents is 1. The third kappa shape index (κ3) is 2.63. The molecular weight excluding hydrogens is 256 g/mol.